The fourth-order valence-electron chi connectivity index (χ4n) is 2.79. The molecule has 0 saturated carbocycles. The summed E-state index contributed by atoms with van der Waals surface area (Å²) in [6.45, 7) is -0.732. The number of hydrogen-bond donors (Lipinski definition) is 3. The second-order valence-corrected chi connectivity index (χ2v) is 8.00. The summed E-state index contributed by atoms with van der Waals surface area (Å²) in [6, 6.07) is 11.6. The van der Waals surface area contributed by atoms with Crippen LogP contribution >= 0.6 is 28.3 Å². The highest BCUT2D eigenvalue weighted by Crippen LogP contribution is 2.37. The summed E-state index contributed by atoms with van der Waals surface area (Å²) in [5, 5.41) is 18.4. The molecule has 0 aliphatic heterocycles. The summed E-state index contributed by atoms with van der Waals surface area (Å²) >= 11 is 3.36. The highest BCUT2D eigenvalue weighted by Gasteiger charge is 2.35. The van der Waals surface area contributed by atoms with Crippen LogP contribution in [-0.2, 0) is 19.0 Å². The van der Waals surface area contributed by atoms with Gasteiger partial charge in [0.05, 0.1) is 30.9 Å². The van der Waals surface area contributed by atoms with Gasteiger partial charge in [-0.1, -0.05) is 34.1 Å². The Labute approximate surface area is 188 Å². The molecule has 0 amide bonds. The number of nitrogens with two attached hydrogens (primary N) is 1. The van der Waals surface area contributed by atoms with E-state index in [4.69, 9.17) is 10.5 Å². The first-order chi connectivity index (χ1) is 13.7. The maximum absolute atomic E-state index is 13.5. The van der Waals surface area contributed by atoms with Gasteiger partial charge in [0.2, 0.25) is 0 Å². The molecule has 4 N–H and O–H groups in total. The van der Waals surface area contributed by atoms with Crippen molar-refractivity contribution in [3.63, 3.8) is 0 Å². The third kappa shape index (κ3) is 8.07. The van der Waals surface area contributed by atoms with Crippen molar-refractivity contribution < 1.29 is 28.1 Å². The van der Waals surface area contributed by atoms with Crippen molar-refractivity contribution in [2.45, 2.75) is 37.4 Å². The largest absolute Gasteiger partial charge is 0.493 e. The molecule has 0 heterocycles. The molecule has 0 atom stereocenters. The monoisotopic (exact) mass is 511 g/mol. The second kappa shape index (κ2) is 11.9. The first-order valence-corrected chi connectivity index (χ1v) is 10.0. The van der Waals surface area contributed by atoms with Crippen LogP contribution < -0.4 is 10.5 Å². The van der Waals surface area contributed by atoms with Gasteiger partial charge < -0.3 is 20.7 Å². The minimum Gasteiger partial charge on any atom is -0.493 e. The van der Waals surface area contributed by atoms with Gasteiger partial charge in [-0.25, -0.2) is 0 Å². The molecule has 0 aliphatic rings. The second-order valence-electron chi connectivity index (χ2n) is 7.09. The van der Waals surface area contributed by atoms with Crippen molar-refractivity contribution in [1.82, 2.24) is 0 Å². The first-order valence-electron chi connectivity index (χ1n) is 9.25. The number of ether oxygens (including phenoxy) is 1. The van der Waals surface area contributed by atoms with Crippen molar-refractivity contribution in [2.75, 3.05) is 19.8 Å². The number of alkyl halides is 3. The van der Waals surface area contributed by atoms with E-state index < -0.39 is 30.5 Å². The van der Waals surface area contributed by atoms with E-state index in [1.165, 1.54) is 6.07 Å². The Morgan fingerprint density at radius 1 is 0.933 bits per heavy atom. The Bertz CT molecular complexity index is 784. The number of hydrogen-bond acceptors (Lipinski definition) is 4. The van der Waals surface area contributed by atoms with Gasteiger partial charge >= 0.3 is 6.18 Å². The summed E-state index contributed by atoms with van der Waals surface area (Å²) in [5.74, 6) is -0.208. The Kier molecular flexibility index (Phi) is 10.6. The van der Waals surface area contributed by atoms with Crippen LogP contribution in [0.2, 0.25) is 0 Å². The number of aliphatic hydroxyl groups is 2. The van der Waals surface area contributed by atoms with E-state index in [1.807, 2.05) is 24.3 Å². The van der Waals surface area contributed by atoms with Crippen LogP contribution in [0.4, 0.5) is 13.2 Å². The van der Waals surface area contributed by atoms with Gasteiger partial charge in [0.1, 0.15) is 5.75 Å². The van der Waals surface area contributed by atoms with Crippen LogP contribution in [0, 0.1) is 0 Å². The lowest BCUT2D eigenvalue weighted by molar-refractivity contribution is -0.139. The minimum absolute atomic E-state index is 0. The molecule has 2 rings (SSSR count). The molecule has 0 fully saturated rings. The minimum atomic E-state index is -4.55. The molecular weight excluding hydrogens is 487 g/mol. The predicted molar refractivity (Wildman–Crippen MR) is 116 cm³/mol. The normalized spacial score (nSPS) is 11.8. The van der Waals surface area contributed by atoms with Crippen molar-refractivity contribution >= 4 is 28.3 Å². The molecule has 0 aliphatic carbocycles. The number of aryl methyl sites for hydroxylation is 2. The van der Waals surface area contributed by atoms with E-state index in [0.29, 0.717) is 18.4 Å². The first kappa shape index (κ1) is 26.7. The summed E-state index contributed by atoms with van der Waals surface area (Å²) in [4.78, 5) is 0. The SMILES string of the molecule is Cl.NC(CO)(CO)CCc1ccc(OCCCc2ccc(Br)cc2)c(C(F)(F)F)c1. The maximum atomic E-state index is 13.5. The van der Waals surface area contributed by atoms with E-state index in [-0.39, 0.29) is 37.6 Å². The zero-order valence-electron chi connectivity index (χ0n) is 16.3. The van der Waals surface area contributed by atoms with E-state index in [0.717, 1.165) is 16.1 Å². The zero-order chi connectivity index (χ0) is 21.5. The molecule has 0 radical (unpaired) electrons. The Hall–Kier alpha value is -1.32. The Morgan fingerprint density at radius 2 is 1.53 bits per heavy atom. The van der Waals surface area contributed by atoms with Gasteiger partial charge in [0, 0.05) is 4.47 Å². The summed E-state index contributed by atoms with van der Waals surface area (Å²) in [6.07, 6.45) is -2.91. The third-order valence-corrected chi connectivity index (χ3v) is 5.20. The van der Waals surface area contributed by atoms with Crippen molar-refractivity contribution in [2.24, 2.45) is 5.73 Å². The van der Waals surface area contributed by atoms with E-state index in [9.17, 15) is 23.4 Å². The molecular formula is C21H26BrClF3NO3. The van der Waals surface area contributed by atoms with Crippen molar-refractivity contribution in [3.05, 3.63) is 63.6 Å². The summed E-state index contributed by atoms with van der Waals surface area (Å²) < 4.78 is 46.8. The van der Waals surface area contributed by atoms with Gasteiger partial charge in [0.25, 0.3) is 0 Å². The van der Waals surface area contributed by atoms with Crippen LogP contribution in [0.15, 0.2) is 46.9 Å². The van der Waals surface area contributed by atoms with Gasteiger partial charge in [-0.05, 0) is 61.1 Å². The van der Waals surface area contributed by atoms with Crippen LogP contribution in [-0.4, -0.2) is 35.6 Å². The lowest BCUT2D eigenvalue weighted by Crippen LogP contribution is -2.47. The molecule has 30 heavy (non-hydrogen) atoms. The van der Waals surface area contributed by atoms with E-state index in [2.05, 4.69) is 15.9 Å². The van der Waals surface area contributed by atoms with Crippen LogP contribution in [0.5, 0.6) is 5.75 Å². The van der Waals surface area contributed by atoms with Gasteiger partial charge in [-0.15, -0.1) is 12.4 Å². The highest BCUT2D eigenvalue weighted by molar-refractivity contribution is 9.10. The molecule has 0 aromatic heterocycles. The lowest BCUT2D eigenvalue weighted by Gasteiger charge is -2.24. The Morgan fingerprint density at radius 3 is 2.10 bits per heavy atom. The van der Waals surface area contributed by atoms with Crippen LogP contribution in [0.3, 0.4) is 0 Å². The highest BCUT2D eigenvalue weighted by atomic mass is 79.9. The molecule has 0 spiro atoms. The van der Waals surface area contributed by atoms with E-state index in [1.54, 1.807) is 6.07 Å². The van der Waals surface area contributed by atoms with Crippen LogP contribution in [0.1, 0.15) is 29.5 Å². The average Bonchev–Trinajstić information content (AvgIpc) is 2.70. The molecule has 0 bridgehead atoms. The summed E-state index contributed by atoms with van der Waals surface area (Å²) in [5.41, 5.74) is 5.22. The van der Waals surface area contributed by atoms with Gasteiger partial charge in [-0.2, -0.15) is 13.2 Å². The number of halogens is 5. The zero-order valence-corrected chi connectivity index (χ0v) is 18.7. The molecule has 4 nitrogen and oxygen atoms in total. The molecule has 2 aromatic carbocycles. The maximum Gasteiger partial charge on any atom is 0.419 e. The molecule has 9 heteroatoms. The molecule has 168 valence electrons. The molecule has 2 aromatic rings. The predicted octanol–water partition coefficient (Wildman–Crippen LogP) is 4.52. The van der Waals surface area contributed by atoms with Crippen molar-refractivity contribution in [3.8, 4) is 5.75 Å². The van der Waals surface area contributed by atoms with E-state index >= 15 is 0 Å². The number of rotatable bonds is 10. The molecule has 0 saturated heterocycles. The standard InChI is InChI=1S/C21H25BrF3NO3.ClH/c22-17-6-3-15(4-7-17)2-1-11-29-19-8-5-16(12-18(19)21(23,24)25)9-10-20(26,13-27)14-28;/h3-8,12,27-28H,1-2,9-11,13-14,26H2;1H. The topological polar surface area (TPSA) is 75.7 Å². The number of aliphatic hydroxyl groups excluding tert-OH is 2. The van der Waals surface area contributed by atoms with Gasteiger partial charge in [0.15, 0.2) is 0 Å². The van der Waals surface area contributed by atoms with Gasteiger partial charge in [-0.3, -0.25) is 0 Å². The third-order valence-electron chi connectivity index (χ3n) is 4.67. The quantitative estimate of drug-likeness (QED) is 0.409. The van der Waals surface area contributed by atoms with Crippen molar-refractivity contribution in [1.29, 1.82) is 0 Å². The summed E-state index contributed by atoms with van der Waals surface area (Å²) in [7, 11) is 0. The van der Waals surface area contributed by atoms with Crippen LogP contribution in [0.25, 0.3) is 0 Å². The smallest absolute Gasteiger partial charge is 0.419 e. The Balaban J connectivity index is 0.00000450. The fourth-order valence-corrected chi connectivity index (χ4v) is 3.06. The number of benzene rings is 2. The average molecular weight is 513 g/mol. The lowest BCUT2D eigenvalue weighted by atomic mass is 9.93. The fraction of sp³-hybridized carbons (Fsp3) is 0.429. The molecule has 0 unspecified atom stereocenters.